The first-order chi connectivity index (χ1) is 7.75. The minimum atomic E-state index is -0.620. The van der Waals surface area contributed by atoms with Crippen molar-refractivity contribution >= 4 is 0 Å². The fourth-order valence-electron chi connectivity index (χ4n) is 1.51. The van der Waals surface area contributed by atoms with E-state index in [9.17, 15) is 5.11 Å². The summed E-state index contributed by atoms with van der Waals surface area (Å²) in [5.41, 5.74) is 1.74. The standard InChI is InChI=1S/C14H13O2/c15-13-8-6-11(7-9-13)10-14(16)12-4-2-1-3-5-12/h1-10,14-16H. The number of phenolic OH excluding ortho intramolecular Hbond substituents is 1. The van der Waals surface area contributed by atoms with Gasteiger partial charge in [-0.15, -0.1) is 0 Å². The van der Waals surface area contributed by atoms with E-state index in [4.69, 9.17) is 5.11 Å². The Hall–Kier alpha value is -1.80. The van der Waals surface area contributed by atoms with Crippen molar-refractivity contribution in [1.29, 1.82) is 0 Å². The first-order valence-corrected chi connectivity index (χ1v) is 5.12. The lowest BCUT2D eigenvalue weighted by Crippen LogP contribution is -1.98. The summed E-state index contributed by atoms with van der Waals surface area (Å²) in [7, 11) is 0. The van der Waals surface area contributed by atoms with Crippen LogP contribution in [0.5, 0.6) is 5.75 Å². The molecule has 2 nitrogen and oxygen atoms in total. The zero-order valence-corrected chi connectivity index (χ0v) is 8.75. The van der Waals surface area contributed by atoms with Crippen LogP contribution >= 0.6 is 0 Å². The number of aliphatic hydroxyl groups is 1. The van der Waals surface area contributed by atoms with E-state index in [0.29, 0.717) is 0 Å². The second kappa shape index (κ2) is 4.81. The fourth-order valence-corrected chi connectivity index (χ4v) is 1.51. The Bertz CT molecular complexity index is 434. The molecular formula is C14H13O2. The highest BCUT2D eigenvalue weighted by atomic mass is 16.3. The first kappa shape index (κ1) is 10.7. The largest absolute Gasteiger partial charge is 0.508 e. The van der Waals surface area contributed by atoms with E-state index in [2.05, 4.69) is 0 Å². The zero-order valence-electron chi connectivity index (χ0n) is 8.75. The molecule has 0 aliphatic carbocycles. The Morgan fingerprint density at radius 1 is 0.875 bits per heavy atom. The molecule has 81 valence electrons. The molecule has 2 rings (SSSR count). The molecule has 2 N–H and O–H groups in total. The number of hydrogen-bond acceptors (Lipinski definition) is 2. The molecule has 0 saturated heterocycles. The minimum Gasteiger partial charge on any atom is -0.508 e. The van der Waals surface area contributed by atoms with Crippen LogP contribution in [0.1, 0.15) is 17.2 Å². The number of benzene rings is 2. The topological polar surface area (TPSA) is 40.5 Å². The summed E-state index contributed by atoms with van der Waals surface area (Å²) in [5, 5.41) is 19.1. The van der Waals surface area contributed by atoms with Gasteiger partial charge in [0.1, 0.15) is 5.75 Å². The molecule has 1 atom stereocenters. The Morgan fingerprint density at radius 3 is 2.12 bits per heavy atom. The van der Waals surface area contributed by atoms with Crippen LogP contribution in [-0.2, 0) is 0 Å². The van der Waals surface area contributed by atoms with Crippen LogP contribution in [-0.4, -0.2) is 10.2 Å². The van der Waals surface area contributed by atoms with Crippen LogP contribution in [0.2, 0.25) is 0 Å². The number of aliphatic hydroxyl groups excluding tert-OH is 1. The molecule has 0 saturated carbocycles. The Labute approximate surface area is 94.8 Å². The van der Waals surface area contributed by atoms with Crippen molar-refractivity contribution in [1.82, 2.24) is 0 Å². The number of rotatable bonds is 3. The van der Waals surface area contributed by atoms with Crippen LogP contribution in [0.15, 0.2) is 54.6 Å². The molecule has 2 heteroatoms. The van der Waals surface area contributed by atoms with Gasteiger partial charge in [0, 0.05) is 6.42 Å². The number of aromatic hydroxyl groups is 1. The highest BCUT2D eigenvalue weighted by Gasteiger charge is 2.07. The van der Waals surface area contributed by atoms with Crippen molar-refractivity contribution in [2.75, 3.05) is 0 Å². The molecule has 1 unspecified atom stereocenters. The molecule has 2 aromatic rings. The molecule has 0 spiro atoms. The average Bonchev–Trinajstić information content (AvgIpc) is 2.33. The summed E-state index contributed by atoms with van der Waals surface area (Å²) < 4.78 is 0. The van der Waals surface area contributed by atoms with Crippen LogP contribution in [0.4, 0.5) is 0 Å². The van der Waals surface area contributed by atoms with Crippen molar-refractivity contribution in [2.45, 2.75) is 6.10 Å². The molecule has 0 bridgehead atoms. The van der Waals surface area contributed by atoms with Crippen molar-refractivity contribution < 1.29 is 10.2 Å². The normalized spacial score (nSPS) is 12.3. The third kappa shape index (κ3) is 2.61. The fraction of sp³-hybridized carbons (Fsp3) is 0.0714. The highest BCUT2D eigenvalue weighted by Crippen LogP contribution is 2.21. The van der Waals surface area contributed by atoms with Crippen molar-refractivity contribution in [3.05, 3.63) is 72.1 Å². The van der Waals surface area contributed by atoms with Crippen LogP contribution in [0.3, 0.4) is 0 Å². The third-order valence-electron chi connectivity index (χ3n) is 2.38. The second-order valence-electron chi connectivity index (χ2n) is 3.61. The molecule has 0 aliphatic heterocycles. The van der Waals surface area contributed by atoms with Crippen LogP contribution in [0, 0.1) is 6.42 Å². The van der Waals surface area contributed by atoms with Gasteiger partial charge >= 0.3 is 0 Å². The van der Waals surface area contributed by atoms with E-state index in [0.717, 1.165) is 11.1 Å². The average molecular weight is 213 g/mol. The number of phenols is 1. The Kier molecular flexibility index (Phi) is 3.22. The van der Waals surface area contributed by atoms with Gasteiger partial charge in [-0.1, -0.05) is 42.5 Å². The Morgan fingerprint density at radius 2 is 1.50 bits per heavy atom. The van der Waals surface area contributed by atoms with Gasteiger partial charge in [0.2, 0.25) is 0 Å². The molecule has 0 heterocycles. The molecule has 1 radical (unpaired) electrons. The molecule has 0 aliphatic rings. The minimum absolute atomic E-state index is 0.228. The van der Waals surface area contributed by atoms with Gasteiger partial charge in [-0.05, 0) is 23.3 Å². The van der Waals surface area contributed by atoms with E-state index in [-0.39, 0.29) is 5.75 Å². The maximum atomic E-state index is 9.93. The molecule has 0 aromatic heterocycles. The van der Waals surface area contributed by atoms with Gasteiger partial charge in [0.25, 0.3) is 0 Å². The van der Waals surface area contributed by atoms with Crippen LogP contribution < -0.4 is 0 Å². The van der Waals surface area contributed by atoms with Gasteiger partial charge in [-0.3, -0.25) is 0 Å². The monoisotopic (exact) mass is 213 g/mol. The highest BCUT2D eigenvalue weighted by molar-refractivity contribution is 5.33. The SMILES string of the molecule is Oc1ccc([CH]C(O)c2ccccc2)cc1. The Balaban J connectivity index is 2.08. The van der Waals surface area contributed by atoms with Crippen molar-refractivity contribution in [3.63, 3.8) is 0 Å². The molecule has 2 aromatic carbocycles. The van der Waals surface area contributed by atoms with Gasteiger partial charge in [0.15, 0.2) is 0 Å². The predicted molar refractivity (Wildman–Crippen MR) is 62.9 cm³/mol. The smallest absolute Gasteiger partial charge is 0.115 e. The molecule has 16 heavy (non-hydrogen) atoms. The lowest BCUT2D eigenvalue weighted by atomic mass is 10.0. The van der Waals surface area contributed by atoms with Crippen molar-refractivity contribution in [3.8, 4) is 5.75 Å². The van der Waals surface area contributed by atoms with Gasteiger partial charge in [-0.25, -0.2) is 0 Å². The van der Waals surface area contributed by atoms with E-state index in [1.807, 2.05) is 30.3 Å². The maximum absolute atomic E-state index is 9.93. The predicted octanol–water partition coefficient (Wildman–Crippen LogP) is 2.68. The summed E-state index contributed by atoms with van der Waals surface area (Å²) in [5.74, 6) is 0.228. The van der Waals surface area contributed by atoms with Crippen molar-refractivity contribution in [2.24, 2.45) is 0 Å². The number of hydrogen-bond donors (Lipinski definition) is 2. The summed E-state index contributed by atoms with van der Waals surface area (Å²) in [4.78, 5) is 0. The van der Waals surface area contributed by atoms with E-state index in [1.165, 1.54) is 0 Å². The van der Waals surface area contributed by atoms with Gasteiger partial charge in [0.05, 0.1) is 6.10 Å². The third-order valence-corrected chi connectivity index (χ3v) is 2.38. The second-order valence-corrected chi connectivity index (χ2v) is 3.61. The summed E-state index contributed by atoms with van der Waals surface area (Å²) in [6.45, 7) is 0. The van der Waals surface area contributed by atoms with Gasteiger partial charge in [-0.2, -0.15) is 0 Å². The molecule has 0 fully saturated rings. The van der Waals surface area contributed by atoms with Gasteiger partial charge < -0.3 is 10.2 Å². The quantitative estimate of drug-likeness (QED) is 0.823. The lowest BCUT2D eigenvalue weighted by molar-refractivity contribution is 0.215. The maximum Gasteiger partial charge on any atom is 0.115 e. The lowest BCUT2D eigenvalue weighted by Gasteiger charge is -2.10. The molecular weight excluding hydrogens is 200 g/mol. The summed E-state index contributed by atoms with van der Waals surface area (Å²) in [6.07, 6.45) is 1.13. The zero-order chi connectivity index (χ0) is 11.4. The van der Waals surface area contributed by atoms with E-state index >= 15 is 0 Å². The first-order valence-electron chi connectivity index (χ1n) is 5.12. The van der Waals surface area contributed by atoms with E-state index < -0.39 is 6.10 Å². The summed E-state index contributed by atoms with van der Waals surface area (Å²) in [6, 6.07) is 16.2. The van der Waals surface area contributed by atoms with Crippen LogP contribution in [0.25, 0.3) is 0 Å². The molecule has 0 amide bonds. The summed E-state index contributed by atoms with van der Waals surface area (Å²) >= 11 is 0. The van der Waals surface area contributed by atoms with E-state index in [1.54, 1.807) is 30.7 Å².